The number of carbonyl (C=O) groups is 2. The molecule has 33 heavy (non-hydrogen) atoms. The molecule has 8 heteroatoms. The minimum atomic E-state index is -0.581. The molecule has 0 saturated carbocycles. The molecule has 0 bridgehead atoms. The predicted molar refractivity (Wildman–Crippen MR) is 126 cm³/mol. The standard InChI is InChI=1S/C25H28N6O2/c1-2-3-4-6-18-7-5-8-20(17-18)22-10-14-28-31(22)24(33)19-11-15-30(16-12-19)25-27-13-9-21(29-25)23(26)32/h5,7-9,13-14,17,19,22H,2-3,10-12,15-16H2,1H3,(H2,26,32). The molecule has 1 fully saturated rings. The summed E-state index contributed by atoms with van der Waals surface area (Å²) >= 11 is 0. The van der Waals surface area contributed by atoms with Gasteiger partial charge in [0.25, 0.3) is 5.91 Å². The smallest absolute Gasteiger partial charge is 0.267 e. The number of hydrogen-bond acceptors (Lipinski definition) is 6. The van der Waals surface area contributed by atoms with Crippen LogP contribution in [0.5, 0.6) is 0 Å². The molecule has 1 aromatic heterocycles. The van der Waals surface area contributed by atoms with E-state index in [0.29, 0.717) is 38.3 Å². The van der Waals surface area contributed by atoms with Crippen LogP contribution in [-0.4, -0.2) is 46.1 Å². The summed E-state index contributed by atoms with van der Waals surface area (Å²) < 4.78 is 0. The Morgan fingerprint density at radius 3 is 2.79 bits per heavy atom. The number of rotatable bonds is 5. The van der Waals surface area contributed by atoms with Gasteiger partial charge in [0.05, 0.1) is 6.04 Å². The maximum Gasteiger partial charge on any atom is 0.267 e. The first-order valence-corrected chi connectivity index (χ1v) is 11.4. The van der Waals surface area contributed by atoms with Crippen molar-refractivity contribution in [3.8, 4) is 11.8 Å². The van der Waals surface area contributed by atoms with Crippen LogP contribution in [0.3, 0.4) is 0 Å². The first-order valence-electron chi connectivity index (χ1n) is 11.4. The molecule has 2 aliphatic heterocycles. The normalized spacial score (nSPS) is 18.2. The van der Waals surface area contributed by atoms with E-state index in [1.165, 1.54) is 12.3 Å². The van der Waals surface area contributed by atoms with E-state index in [0.717, 1.165) is 24.0 Å². The molecule has 4 rings (SSSR count). The second-order valence-corrected chi connectivity index (χ2v) is 8.28. The third kappa shape index (κ3) is 5.20. The number of unbranched alkanes of at least 4 members (excludes halogenated alkanes) is 1. The number of primary amides is 1. The minimum absolute atomic E-state index is 0.0441. The number of nitrogens with zero attached hydrogens (tertiary/aromatic N) is 5. The third-order valence-electron chi connectivity index (χ3n) is 5.96. The molecule has 3 heterocycles. The Bertz CT molecular complexity index is 1110. The fraction of sp³-hybridized carbons (Fsp3) is 0.400. The molecule has 2 aromatic rings. The highest BCUT2D eigenvalue weighted by Gasteiger charge is 2.35. The zero-order valence-electron chi connectivity index (χ0n) is 18.8. The molecule has 8 nitrogen and oxygen atoms in total. The van der Waals surface area contributed by atoms with E-state index < -0.39 is 5.91 Å². The summed E-state index contributed by atoms with van der Waals surface area (Å²) in [6.07, 6.45) is 7.30. The molecule has 0 spiro atoms. The van der Waals surface area contributed by atoms with Crippen LogP contribution in [-0.2, 0) is 4.79 Å². The van der Waals surface area contributed by atoms with Crippen molar-refractivity contribution in [3.05, 3.63) is 53.3 Å². The molecule has 0 radical (unpaired) electrons. The van der Waals surface area contributed by atoms with Gasteiger partial charge in [-0.25, -0.2) is 15.0 Å². The van der Waals surface area contributed by atoms with E-state index in [1.807, 2.05) is 29.3 Å². The van der Waals surface area contributed by atoms with Gasteiger partial charge in [0.2, 0.25) is 11.9 Å². The number of benzene rings is 1. The highest BCUT2D eigenvalue weighted by Crippen LogP contribution is 2.32. The number of carbonyl (C=O) groups excluding carboxylic acids is 2. The predicted octanol–water partition coefficient (Wildman–Crippen LogP) is 2.90. The number of piperidine rings is 1. The van der Waals surface area contributed by atoms with Gasteiger partial charge in [0.15, 0.2) is 0 Å². The molecule has 2 amide bonds. The van der Waals surface area contributed by atoms with Crippen molar-refractivity contribution in [1.29, 1.82) is 0 Å². The van der Waals surface area contributed by atoms with Gasteiger partial charge in [-0.1, -0.05) is 30.9 Å². The molecule has 0 aliphatic carbocycles. The van der Waals surface area contributed by atoms with Crippen molar-refractivity contribution in [2.45, 2.75) is 45.1 Å². The number of anilines is 1. The van der Waals surface area contributed by atoms with Crippen LogP contribution < -0.4 is 10.6 Å². The van der Waals surface area contributed by atoms with E-state index in [-0.39, 0.29) is 23.6 Å². The molecule has 2 aliphatic rings. The van der Waals surface area contributed by atoms with Crippen molar-refractivity contribution in [2.75, 3.05) is 18.0 Å². The van der Waals surface area contributed by atoms with Gasteiger partial charge in [0, 0.05) is 49.8 Å². The summed E-state index contributed by atoms with van der Waals surface area (Å²) in [6, 6.07) is 9.49. The fourth-order valence-corrected chi connectivity index (χ4v) is 4.17. The average molecular weight is 445 g/mol. The third-order valence-corrected chi connectivity index (χ3v) is 5.96. The molecular weight excluding hydrogens is 416 g/mol. The van der Waals surface area contributed by atoms with Crippen molar-refractivity contribution in [1.82, 2.24) is 15.0 Å². The van der Waals surface area contributed by atoms with E-state index in [2.05, 4.69) is 39.9 Å². The van der Waals surface area contributed by atoms with E-state index in [1.54, 1.807) is 5.01 Å². The van der Waals surface area contributed by atoms with Gasteiger partial charge in [-0.2, -0.15) is 5.10 Å². The van der Waals surface area contributed by atoms with Crippen molar-refractivity contribution >= 4 is 24.0 Å². The van der Waals surface area contributed by atoms with Crippen molar-refractivity contribution in [3.63, 3.8) is 0 Å². The Morgan fingerprint density at radius 2 is 2.03 bits per heavy atom. The monoisotopic (exact) mass is 444 g/mol. The summed E-state index contributed by atoms with van der Waals surface area (Å²) in [7, 11) is 0. The van der Waals surface area contributed by atoms with Crippen LogP contribution in [0.1, 0.15) is 66.7 Å². The summed E-state index contributed by atoms with van der Waals surface area (Å²) in [5.41, 5.74) is 7.53. The second-order valence-electron chi connectivity index (χ2n) is 8.28. The maximum absolute atomic E-state index is 13.3. The lowest BCUT2D eigenvalue weighted by atomic mass is 9.94. The van der Waals surface area contributed by atoms with E-state index in [4.69, 9.17) is 5.73 Å². The van der Waals surface area contributed by atoms with Gasteiger partial charge >= 0.3 is 0 Å². The van der Waals surface area contributed by atoms with Crippen LogP contribution in [0.4, 0.5) is 5.95 Å². The quantitative estimate of drug-likeness (QED) is 0.714. The van der Waals surface area contributed by atoms with Gasteiger partial charge in [-0.05, 0) is 43.0 Å². The Morgan fingerprint density at radius 1 is 1.21 bits per heavy atom. The lowest BCUT2D eigenvalue weighted by Gasteiger charge is -2.33. The minimum Gasteiger partial charge on any atom is -0.364 e. The molecule has 1 atom stereocenters. The van der Waals surface area contributed by atoms with Crippen molar-refractivity contribution in [2.24, 2.45) is 16.8 Å². The average Bonchev–Trinajstić information content (AvgIpc) is 3.34. The Kier molecular flexibility index (Phi) is 6.98. The largest absolute Gasteiger partial charge is 0.364 e. The SMILES string of the molecule is CCCC#Cc1cccc(C2CC=NN2C(=O)C2CCN(c3nccc(C(N)=O)n3)CC2)c1. The second kappa shape index (κ2) is 10.3. The first-order chi connectivity index (χ1) is 16.1. The van der Waals surface area contributed by atoms with Gasteiger partial charge in [-0.3, -0.25) is 9.59 Å². The number of nitrogens with two attached hydrogens (primary N) is 1. The molecule has 1 unspecified atom stereocenters. The van der Waals surface area contributed by atoms with E-state index >= 15 is 0 Å². The Hall–Kier alpha value is -3.73. The maximum atomic E-state index is 13.3. The lowest BCUT2D eigenvalue weighted by molar-refractivity contribution is -0.138. The van der Waals surface area contributed by atoms with Crippen molar-refractivity contribution < 1.29 is 9.59 Å². The number of amides is 2. The van der Waals surface area contributed by atoms with Gasteiger partial charge in [0.1, 0.15) is 5.69 Å². The zero-order valence-corrected chi connectivity index (χ0v) is 18.8. The molecule has 170 valence electrons. The van der Waals surface area contributed by atoms with Crippen LogP contribution in [0, 0.1) is 17.8 Å². The Balaban J connectivity index is 1.41. The molecule has 1 aromatic carbocycles. The van der Waals surface area contributed by atoms with Crippen LogP contribution in [0.2, 0.25) is 0 Å². The summed E-state index contributed by atoms with van der Waals surface area (Å²) in [6.45, 7) is 3.37. The highest BCUT2D eigenvalue weighted by molar-refractivity contribution is 5.90. The Labute approximate surface area is 193 Å². The van der Waals surface area contributed by atoms with Gasteiger partial charge in [-0.15, -0.1) is 0 Å². The molecule has 2 N–H and O–H groups in total. The number of hydrogen-bond donors (Lipinski definition) is 1. The first kappa shape index (κ1) is 22.5. The zero-order chi connectivity index (χ0) is 23.2. The van der Waals surface area contributed by atoms with Crippen LogP contribution in [0.15, 0.2) is 41.6 Å². The molecule has 1 saturated heterocycles. The fourth-order valence-electron chi connectivity index (χ4n) is 4.17. The topological polar surface area (TPSA) is 105 Å². The number of aromatic nitrogens is 2. The summed E-state index contributed by atoms with van der Waals surface area (Å²) in [4.78, 5) is 35.2. The van der Waals surface area contributed by atoms with Gasteiger partial charge < -0.3 is 10.6 Å². The van der Waals surface area contributed by atoms with E-state index in [9.17, 15) is 9.59 Å². The summed E-state index contributed by atoms with van der Waals surface area (Å²) in [5, 5.41) is 6.06. The lowest BCUT2D eigenvalue weighted by Crippen LogP contribution is -2.41. The summed E-state index contributed by atoms with van der Waals surface area (Å²) in [5.74, 6) is 6.20. The van der Waals surface area contributed by atoms with Crippen LogP contribution >= 0.6 is 0 Å². The van der Waals surface area contributed by atoms with Crippen LogP contribution in [0.25, 0.3) is 0 Å². The highest BCUT2D eigenvalue weighted by atomic mass is 16.2. The molecular formula is C25H28N6O2. The number of hydrazone groups is 1.